The summed E-state index contributed by atoms with van der Waals surface area (Å²) in [7, 11) is 0. The standard InChI is InChI=1S/C19H19NO5/c1-12-7-9-14(10-8-12)18(22)13(2)25-17(21)11-24-16-6-4-3-5-15(16)19(20)23/h3-10,13H,11H2,1-2H3,(H2,20,23)/t13-/m1/s1. The Morgan fingerprint density at radius 2 is 1.68 bits per heavy atom. The minimum atomic E-state index is -0.940. The van der Waals surface area contributed by atoms with Gasteiger partial charge in [0.2, 0.25) is 5.78 Å². The van der Waals surface area contributed by atoms with Crippen LogP contribution in [-0.4, -0.2) is 30.4 Å². The second-order valence-corrected chi connectivity index (χ2v) is 5.51. The molecule has 6 nitrogen and oxygen atoms in total. The van der Waals surface area contributed by atoms with Gasteiger partial charge in [0, 0.05) is 5.56 Å². The third-order valence-corrected chi connectivity index (χ3v) is 3.51. The van der Waals surface area contributed by atoms with Crippen LogP contribution < -0.4 is 10.5 Å². The molecule has 1 atom stereocenters. The molecule has 0 unspecified atom stereocenters. The molecule has 2 rings (SSSR count). The summed E-state index contributed by atoms with van der Waals surface area (Å²) in [6.07, 6.45) is -0.940. The van der Waals surface area contributed by atoms with Gasteiger partial charge in [-0.25, -0.2) is 4.79 Å². The quantitative estimate of drug-likeness (QED) is 0.616. The van der Waals surface area contributed by atoms with Crippen molar-refractivity contribution in [3.05, 3.63) is 65.2 Å². The first kappa shape index (κ1) is 18.2. The number of hydrogen-bond acceptors (Lipinski definition) is 5. The molecule has 25 heavy (non-hydrogen) atoms. The number of hydrogen-bond donors (Lipinski definition) is 1. The molecule has 1 amide bonds. The second kappa shape index (κ2) is 8.10. The molecule has 0 radical (unpaired) electrons. The topological polar surface area (TPSA) is 95.7 Å². The Bertz CT molecular complexity index is 783. The van der Waals surface area contributed by atoms with Crippen LogP contribution in [0.2, 0.25) is 0 Å². The van der Waals surface area contributed by atoms with E-state index in [4.69, 9.17) is 15.2 Å². The molecular weight excluding hydrogens is 322 g/mol. The number of nitrogens with two attached hydrogens (primary N) is 1. The molecule has 130 valence electrons. The zero-order valence-electron chi connectivity index (χ0n) is 14.0. The average Bonchev–Trinajstić information content (AvgIpc) is 2.60. The van der Waals surface area contributed by atoms with Crippen LogP contribution in [0.3, 0.4) is 0 Å². The lowest BCUT2D eigenvalue weighted by atomic mass is 10.1. The first-order valence-electron chi connectivity index (χ1n) is 7.70. The zero-order chi connectivity index (χ0) is 18.4. The lowest BCUT2D eigenvalue weighted by Gasteiger charge is -2.13. The molecule has 2 aromatic rings. The summed E-state index contributed by atoms with van der Waals surface area (Å²) >= 11 is 0. The first-order chi connectivity index (χ1) is 11.9. The van der Waals surface area contributed by atoms with Gasteiger partial charge in [0.1, 0.15) is 5.75 Å². The molecule has 0 aliphatic heterocycles. The van der Waals surface area contributed by atoms with Gasteiger partial charge < -0.3 is 15.2 Å². The molecule has 0 saturated carbocycles. The van der Waals surface area contributed by atoms with Crippen molar-refractivity contribution in [2.75, 3.05) is 6.61 Å². The van der Waals surface area contributed by atoms with Crippen molar-refractivity contribution in [3.8, 4) is 5.75 Å². The number of esters is 1. The van der Waals surface area contributed by atoms with E-state index in [0.29, 0.717) is 5.56 Å². The van der Waals surface area contributed by atoms with Gasteiger partial charge >= 0.3 is 5.97 Å². The molecule has 0 aliphatic rings. The summed E-state index contributed by atoms with van der Waals surface area (Å²) in [5, 5.41) is 0. The van der Waals surface area contributed by atoms with Crippen LogP contribution in [0.15, 0.2) is 48.5 Å². The SMILES string of the molecule is Cc1ccc(C(=O)[C@@H](C)OC(=O)COc2ccccc2C(N)=O)cc1. The van der Waals surface area contributed by atoms with E-state index in [1.165, 1.54) is 19.1 Å². The van der Waals surface area contributed by atoms with Crippen molar-refractivity contribution in [2.24, 2.45) is 5.73 Å². The minimum Gasteiger partial charge on any atom is -0.481 e. The van der Waals surface area contributed by atoms with Gasteiger partial charge in [0.05, 0.1) is 5.56 Å². The maximum atomic E-state index is 12.2. The molecule has 0 bridgehead atoms. The zero-order valence-corrected chi connectivity index (χ0v) is 14.0. The number of carbonyl (C=O) groups excluding carboxylic acids is 3. The highest BCUT2D eigenvalue weighted by molar-refractivity contribution is 6.00. The van der Waals surface area contributed by atoms with E-state index in [1.54, 1.807) is 24.3 Å². The second-order valence-electron chi connectivity index (χ2n) is 5.51. The number of ketones is 1. The fraction of sp³-hybridized carbons (Fsp3) is 0.211. The summed E-state index contributed by atoms with van der Waals surface area (Å²) in [5.74, 6) is -1.49. The van der Waals surface area contributed by atoms with Gasteiger partial charge in [0.25, 0.3) is 5.91 Å². The van der Waals surface area contributed by atoms with Crippen LogP contribution in [-0.2, 0) is 9.53 Å². The van der Waals surface area contributed by atoms with Crippen LogP contribution in [0.1, 0.15) is 33.2 Å². The van der Waals surface area contributed by atoms with Crippen molar-refractivity contribution >= 4 is 17.7 Å². The van der Waals surface area contributed by atoms with Crippen molar-refractivity contribution in [3.63, 3.8) is 0 Å². The Morgan fingerprint density at radius 1 is 1.04 bits per heavy atom. The molecule has 0 heterocycles. The number of primary amides is 1. The molecule has 0 saturated heterocycles. The van der Waals surface area contributed by atoms with Crippen LogP contribution in [0.4, 0.5) is 0 Å². The third kappa shape index (κ3) is 4.91. The summed E-state index contributed by atoms with van der Waals surface area (Å²) < 4.78 is 10.4. The molecule has 2 aromatic carbocycles. The summed E-state index contributed by atoms with van der Waals surface area (Å²) in [4.78, 5) is 35.4. The summed E-state index contributed by atoms with van der Waals surface area (Å²) in [5.41, 5.74) is 6.90. The lowest BCUT2D eigenvalue weighted by Crippen LogP contribution is -2.27. The Morgan fingerprint density at radius 3 is 2.32 bits per heavy atom. The normalized spacial score (nSPS) is 11.4. The van der Waals surface area contributed by atoms with Crippen LogP contribution >= 0.6 is 0 Å². The third-order valence-electron chi connectivity index (χ3n) is 3.51. The molecule has 0 aromatic heterocycles. The maximum Gasteiger partial charge on any atom is 0.344 e. The van der Waals surface area contributed by atoms with Crippen molar-refractivity contribution in [2.45, 2.75) is 20.0 Å². The molecule has 0 aliphatic carbocycles. The fourth-order valence-corrected chi connectivity index (χ4v) is 2.17. The van der Waals surface area contributed by atoms with Crippen LogP contribution in [0, 0.1) is 6.92 Å². The van der Waals surface area contributed by atoms with Crippen LogP contribution in [0.25, 0.3) is 0 Å². The number of rotatable bonds is 7. The van der Waals surface area contributed by atoms with Gasteiger partial charge in [-0.05, 0) is 26.0 Å². The van der Waals surface area contributed by atoms with Crippen molar-refractivity contribution in [1.29, 1.82) is 0 Å². The monoisotopic (exact) mass is 341 g/mol. The Labute approximate surface area is 145 Å². The van der Waals surface area contributed by atoms with Crippen molar-refractivity contribution < 1.29 is 23.9 Å². The van der Waals surface area contributed by atoms with E-state index in [2.05, 4.69) is 0 Å². The van der Waals surface area contributed by atoms with E-state index < -0.39 is 24.6 Å². The van der Waals surface area contributed by atoms with E-state index in [-0.39, 0.29) is 17.1 Å². The predicted octanol–water partition coefficient (Wildman–Crippen LogP) is 2.29. The number of aryl methyl sites for hydroxylation is 1. The molecule has 6 heteroatoms. The molecule has 2 N–H and O–H groups in total. The number of benzene rings is 2. The number of carbonyl (C=O) groups is 3. The van der Waals surface area contributed by atoms with Gasteiger partial charge in [-0.2, -0.15) is 0 Å². The van der Waals surface area contributed by atoms with Gasteiger partial charge in [-0.1, -0.05) is 42.0 Å². The largest absolute Gasteiger partial charge is 0.481 e. The summed E-state index contributed by atoms with van der Waals surface area (Å²) in [6.45, 7) is 2.98. The first-order valence-corrected chi connectivity index (χ1v) is 7.70. The average molecular weight is 341 g/mol. The highest BCUT2D eigenvalue weighted by Gasteiger charge is 2.20. The van der Waals surface area contributed by atoms with Gasteiger partial charge in [-0.3, -0.25) is 9.59 Å². The predicted molar refractivity (Wildman–Crippen MR) is 91.5 cm³/mol. The smallest absolute Gasteiger partial charge is 0.344 e. The fourth-order valence-electron chi connectivity index (χ4n) is 2.17. The van der Waals surface area contributed by atoms with Gasteiger partial charge in [0.15, 0.2) is 12.7 Å². The summed E-state index contributed by atoms with van der Waals surface area (Å²) in [6, 6.07) is 13.3. The van der Waals surface area contributed by atoms with Gasteiger partial charge in [-0.15, -0.1) is 0 Å². The van der Waals surface area contributed by atoms with Crippen molar-refractivity contribution in [1.82, 2.24) is 0 Å². The molecule has 0 spiro atoms. The van der Waals surface area contributed by atoms with Crippen LogP contribution in [0.5, 0.6) is 5.75 Å². The maximum absolute atomic E-state index is 12.2. The molecular formula is C19H19NO5. The molecule has 0 fully saturated rings. The number of para-hydroxylation sites is 1. The van der Waals surface area contributed by atoms with E-state index in [0.717, 1.165) is 5.56 Å². The van der Waals surface area contributed by atoms with E-state index in [9.17, 15) is 14.4 Å². The minimum absolute atomic E-state index is 0.166. The Balaban J connectivity index is 1.93. The van der Waals surface area contributed by atoms with E-state index >= 15 is 0 Å². The number of ether oxygens (including phenoxy) is 2. The Kier molecular flexibility index (Phi) is 5.89. The number of Topliss-reactive ketones (excluding diaryl/α,β-unsaturated/α-hetero) is 1. The highest BCUT2D eigenvalue weighted by Crippen LogP contribution is 2.17. The highest BCUT2D eigenvalue weighted by atomic mass is 16.6. The van der Waals surface area contributed by atoms with E-state index in [1.807, 2.05) is 19.1 Å². The Hall–Kier alpha value is -3.15. The number of amides is 1. The lowest BCUT2D eigenvalue weighted by molar-refractivity contribution is -0.148.